The molecule has 2 amide bonds. The predicted molar refractivity (Wildman–Crippen MR) is 68.6 cm³/mol. The van der Waals surface area contributed by atoms with Crippen LogP contribution >= 0.6 is 0 Å². The van der Waals surface area contributed by atoms with Gasteiger partial charge in [0.05, 0.1) is 12.6 Å². The highest BCUT2D eigenvalue weighted by molar-refractivity contribution is 5.87. The van der Waals surface area contributed by atoms with Crippen LogP contribution in [0.25, 0.3) is 0 Å². The van der Waals surface area contributed by atoms with Crippen molar-refractivity contribution in [1.82, 2.24) is 16.0 Å². The van der Waals surface area contributed by atoms with Crippen LogP contribution in [0.4, 0.5) is 0 Å². The average molecular weight is 243 g/mol. The van der Waals surface area contributed by atoms with Gasteiger partial charge in [-0.15, -0.1) is 0 Å². The van der Waals surface area contributed by atoms with Gasteiger partial charge in [-0.25, -0.2) is 0 Å². The van der Waals surface area contributed by atoms with E-state index in [1.807, 2.05) is 6.92 Å². The van der Waals surface area contributed by atoms with Crippen molar-refractivity contribution in [3.8, 4) is 0 Å². The van der Waals surface area contributed by atoms with Crippen LogP contribution in [0.5, 0.6) is 0 Å². The van der Waals surface area contributed by atoms with E-state index in [0.29, 0.717) is 12.5 Å². The first-order valence-corrected chi connectivity index (χ1v) is 6.22. The van der Waals surface area contributed by atoms with E-state index in [-0.39, 0.29) is 24.4 Å². The molecule has 0 saturated heterocycles. The molecule has 5 heteroatoms. The monoisotopic (exact) mass is 243 g/mol. The van der Waals surface area contributed by atoms with Crippen LogP contribution in [-0.4, -0.2) is 38.0 Å². The fourth-order valence-corrected chi connectivity index (χ4v) is 1.44. The lowest BCUT2D eigenvalue weighted by Crippen LogP contribution is -2.46. The van der Waals surface area contributed by atoms with Crippen LogP contribution in [0, 0.1) is 5.92 Å². The molecule has 0 aromatic carbocycles. The minimum absolute atomic E-state index is 0.0507. The van der Waals surface area contributed by atoms with Gasteiger partial charge in [0.1, 0.15) is 0 Å². The fraction of sp³-hybridized carbons (Fsp3) is 0.833. The number of hydrogen-bond acceptors (Lipinski definition) is 3. The molecule has 0 aliphatic heterocycles. The van der Waals surface area contributed by atoms with E-state index in [4.69, 9.17) is 0 Å². The summed E-state index contributed by atoms with van der Waals surface area (Å²) in [4.78, 5) is 23.0. The van der Waals surface area contributed by atoms with E-state index in [0.717, 1.165) is 12.8 Å². The van der Waals surface area contributed by atoms with Gasteiger partial charge in [-0.1, -0.05) is 20.8 Å². The molecule has 100 valence electrons. The summed E-state index contributed by atoms with van der Waals surface area (Å²) >= 11 is 0. The van der Waals surface area contributed by atoms with Gasteiger partial charge in [-0.3, -0.25) is 9.59 Å². The van der Waals surface area contributed by atoms with Crippen LogP contribution in [0.3, 0.4) is 0 Å². The van der Waals surface area contributed by atoms with Crippen molar-refractivity contribution in [3.63, 3.8) is 0 Å². The summed E-state index contributed by atoms with van der Waals surface area (Å²) in [6.45, 7) is 6.81. The number of nitrogens with one attached hydrogen (secondary N) is 3. The highest BCUT2D eigenvalue weighted by Gasteiger charge is 2.17. The van der Waals surface area contributed by atoms with Gasteiger partial charge < -0.3 is 16.0 Å². The second-order valence-electron chi connectivity index (χ2n) is 4.54. The maximum atomic E-state index is 11.7. The van der Waals surface area contributed by atoms with Gasteiger partial charge in [0, 0.05) is 6.54 Å². The van der Waals surface area contributed by atoms with Crippen molar-refractivity contribution < 1.29 is 9.59 Å². The Labute approximate surface area is 104 Å². The summed E-state index contributed by atoms with van der Waals surface area (Å²) in [6.07, 6.45) is 1.66. The molecule has 0 fully saturated rings. The van der Waals surface area contributed by atoms with Gasteiger partial charge in [0.15, 0.2) is 0 Å². The first-order valence-electron chi connectivity index (χ1n) is 6.22. The van der Waals surface area contributed by atoms with Gasteiger partial charge >= 0.3 is 0 Å². The van der Waals surface area contributed by atoms with Gasteiger partial charge in [0.2, 0.25) is 11.8 Å². The Kier molecular flexibility index (Phi) is 8.40. The molecule has 17 heavy (non-hydrogen) atoms. The van der Waals surface area contributed by atoms with Crippen LogP contribution in [0.1, 0.15) is 33.6 Å². The zero-order valence-electron chi connectivity index (χ0n) is 11.3. The molecule has 0 aliphatic rings. The minimum atomic E-state index is -0.228. The van der Waals surface area contributed by atoms with Gasteiger partial charge in [-0.2, -0.15) is 0 Å². The lowest BCUT2D eigenvalue weighted by molar-refractivity contribution is -0.127. The quantitative estimate of drug-likeness (QED) is 0.573. The molecule has 0 unspecified atom stereocenters. The van der Waals surface area contributed by atoms with Crippen LogP contribution in [0.15, 0.2) is 0 Å². The summed E-state index contributed by atoms with van der Waals surface area (Å²) in [7, 11) is 1.75. The highest BCUT2D eigenvalue weighted by atomic mass is 16.2. The van der Waals surface area contributed by atoms with Crippen molar-refractivity contribution in [2.24, 2.45) is 5.92 Å². The molecule has 0 radical (unpaired) electrons. The van der Waals surface area contributed by atoms with Crippen LogP contribution < -0.4 is 16.0 Å². The second kappa shape index (κ2) is 8.98. The van der Waals surface area contributed by atoms with Crippen molar-refractivity contribution in [2.45, 2.75) is 39.7 Å². The molecule has 0 saturated carbocycles. The van der Waals surface area contributed by atoms with E-state index in [1.165, 1.54) is 0 Å². The maximum Gasteiger partial charge on any atom is 0.239 e. The van der Waals surface area contributed by atoms with E-state index < -0.39 is 0 Å². The van der Waals surface area contributed by atoms with Gasteiger partial charge in [-0.05, 0) is 25.8 Å². The molecule has 0 aromatic heterocycles. The third-order valence-corrected chi connectivity index (χ3v) is 2.37. The van der Waals surface area contributed by atoms with Crippen LogP contribution in [-0.2, 0) is 9.59 Å². The molecule has 1 atom stereocenters. The minimum Gasteiger partial charge on any atom is -0.355 e. The van der Waals surface area contributed by atoms with E-state index in [1.54, 1.807) is 7.05 Å². The topological polar surface area (TPSA) is 70.2 Å². The van der Waals surface area contributed by atoms with Crippen molar-refractivity contribution in [2.75, 3.05) is 20.1 Å². The Bertz CT molecular complexity index is 242. The summed E-state index contributed by atoms with van der Waals surface area (Å²) in [5.74, 6) is 0.180. The van der Waals surface area contributed by atoms with Crippen molar-refractivity contribution in [1.29, 1.82) is 0 Å². The van der Waals surface area contributed by atoms with E-state index in [9.17, 15) is 9.59 Å². The fourth-order valence-electron chi connectivity index (χ4n) is 1.44. The maximum absolute atomic E-state index is 11.7. The number of likely N-dealkylation sites (N-methyl/N-ethyl adjacent to an activating group) is 1. The molecule has 0 spiro atoms. The third kappa shape index (κ3) is 7.74. The first-order chi connectivity index (χ1) is 8.01. The smallest absolute Gasteiger partial charge is 0.239 e. The highest BCUT2D eigenvalue weighted by Crippen LogP contribution is 2.03. The Hall–Kier alpha value is -1.10. The molecule has 0 heterocycles. The lowest BCUT2D eigenvalue weighted by Gasteiger charge is -2.17. The van der Waals surface area contributed by atoms with E-state index in [2.05, 4.69) is 29.8 Å². The molecule has 3 N–H and O–H groups in total. The molecule has 0 bridgehead atoms. The number of hydrogen-bond donors (Lipinski definition) is 3. The molecule has 0 aliphatic carbocycles. The Morgan fingerprint density at radius 3 is 2.29 bits per heavy atom. The molecule has 5 nitrogen and oxygen atoms in total. The summed E-state index contributed by atoms with van der Waals surface area (Å²) in [6, 6.07) is -0.228. The number of carbonyl (C=O) groups is 2. The normalized spacial score (nSPS) is 12.3. The predicted octanol–water partition coefficient (Wildman–Crippen LogP) is 0.263. The van der Waals surface area contributed by atoms with E-state index >= 15 is 0 Å². The van der Waals surface area contributed by atoms with Crippen molar-refractivity contribution in [3.05, 3.63) is 0 Å². The number of rotatable bonds is 8. The zero-order valence-corrected chi connectivity index (χ0v) is 11.3. The molecule has 0 aromatic rings. The standard InChI is InChI=1S/C12H25N3O2/c1-5-6-14-11(16)8-15-12(17)10(13-4)7-9(2)3/h9-10,13H,5-8H2,1-4H3,(H,14,16)(H,15,17)/t10-/m1/s1. The Morgan fingerprint density at radius 1 is 1.18 bits per heavy atom. The number of carbonyl (C=O) groups excluding carboxylic acids is 2. The average Bonchev–Trinajstić information content (AvgIpc) is 2.29. The largest absolute Gasteiger partial charge is 0.355 e. The van der Waals surface area contributed by atoms with Crippen molar-refractivity contribution >= 4 is 11.8 Å². The van der Waals surface area contributed by atoms with Crippen LogP contribution in [0.2, 0.25) is 0 Å². The SMILES string of the molecule is CCCNC(=O)CNC(=O)[C@@H](CC(C)C)NC. The Balaban J connectivity index is 3.93. The summed E-state index contributed by atoms with van der Waals surface area (Å²) in [5, 5.41) is 8.30. The Morgan fingerprint density at radius 2 is 1.82 bits per heavy atom. The number of amides is 2. The molecule has 0 rings (SSSR count). The first kappa shape index (κ1) is 15.9. The lowest BCUT2D eigenvalue weighted by atomic mass is 10.0. The zero-order chi connectivity index (χ0) is 13.3. The molecular formula is C12H25N3O2. The molecular weight excluding hydrogens is 218 g/mol. The van der Waals surface area contributed by atoms with Gasteiger partial charge in [0.25, 0.3) is 0 Å². The third-order valence-electron chi connectivity index (χ3n) is 2.37. The summed E-state index contributed by atoms with van der Waals surface area (Å²) < 4.78 is 0. The summed E-state index contributed by atoms with van der Waals surface area (Å²) in [5.41, 5.74) is 0. The second-order valence-corrected chi connectivity index (χ2v) is 4.54.